The fourth-order valence-corrected chi connectivity index (χ4v) is 5.00. The molecule has 28 heavy (non-hydrogen) atoms. The van der Waals surface area contributed by atoms with E-state index >= 15 is 0 Å². The lowest BCUT2D eigenvalue weighted by molar-refractivity contribution is 0.0711. The van der Waals surface area contributed by atoms with Gasteiger partial charge in [0.1, 0.15) is 0 Å². The quantitative estimate of drug-likeness (QED) is 0.771. The first kappa shape index (κ1) is 20.6. The van der Waals surface area contributed by atoms with Gasteiger partial charge in [0.15, 0.2) is 0 Å². The van der Waals surface area contributed by atoms with Crippen molar-refractivity contribution < 1.29 is 13.2 Å². The van der Waals surface area contributed by atoms with Crippen LogP contribution in [0.4, 0.5) is 0 Å². The van der Waals surface area contributed by atoms with Crippen LogP contribution in [0.2, 0.25) is 0 Å². The van der Waals surface area contributed by atoms with Crippen LogP contribution in [0, 0.1) is 0 Å². The predicted octanol–water partition coefficient (Wildman–Crippen LogP) is 3.68. The molecule has 0 saturated carbocycles. The van der Waals surface area contributed by atoms with Gasteiger partial charge in [0.25, 0.3) is 5.91 Å². The maximum atomic E-state index is 12.8. The SMILES string of the molecule is CCCCS(=O)(=O)NC1CCN(C(=O)c2ccc(-c3ccccc3)cc2)CC1. The average molecular weight is 401 g/mol. The van der Waals surface area contributed by atoms with Crippen LogP contribution in [-0.4, -0.2) is 44.1 Å². The van der Waals surface area contributed by atoms with Crippen LogP contribution >= 0.6 is 0 Å². The molecule has 3 rings (SSSR count). The van der Waals surface area contributed by atoms with E-state index in [1.807, 2.05) is 66.4 Å². The van der Waals surface area contributed by atoms with Gasteiger partial charge in [-0.3, -0.25) is 4.79 Å². The van der Waals surface area contributed by atoms with E-state index in [2.05, 4.69) is 4.72 Å². The first-order chi connectivity index (χ1) is 13.5. The number of amides is 1. The zero-order valence-electron chi connectivity index (χ0n) is 16.3. The Morgan fingerprint density at radius 2 is 1.61 bits per heavy atom. The minimum Gasteiger partial charge on any atom is -0.339 e. The summed E-state index contributed by atoms with van der Waals surface area (Å²) >= 11 is 0. The summed E-state index contributed by atoms with van der Waals surface area (Å²) in [5.74, 6) is 0.183. The van der Waals surface area contributed by atoms with Crippen molar-refractivity contribution in [2.24, 2.45) is 0 Å². The molecule has 2 aromatic carbocycles. The van der Waals surface area contributed by atoms with Crippen LogP contribution < -0.4 is 4.72 Å². The van der Waals surface area contributed by atoms with Crippen molar-refractivity contribution in [3.05, 3.63) is 60.2 Å². The largest absolute Gasteiger partial charge is 0.339 e. The Morgan fingerprint density at radius 1 is 1.00 bits per heavy atom. The van der Waals surface area contributed by atoms with Crippen LogP contribution in [0.1, 0.15) is 43.0 Å². The standard InChI is InChI=1S/C22H28N2O3S/c1-2-3-17-28(26,27)23-21-13-15-24(16-14-21)22(25)20-11-9-19(10-12-20)18-7-5-4-6-8-18/h4-12,21,23H,2-3,13-17H2,1H3. The number of nitrogens with zero attached hydrogens (tertiary/aromatic N) is 1. The van der Waals surface area contributed by atoms with Gasteiger partial charge in [0, 0.05) is 24.7 Å². The Balaban J connectivity index is 1.55. The van der Waals surface area contributed by atoms with E-state index in [0.717, 1.165) is 17.5 Å². The van der Waals surface area contributed by atoms with Crippen LogP contribution in [-0.2, 0) is 10.0 Å². The lowest BCUT2D eigenvalue weighted by Gasteiger charge is -2.32. The maximum Gasteiger partial charge on any atom is 0.253 e. The molecule has 1 aliphatic rings. The minimum atomic E-state index is -3.22. The van der Waals surface area contributed by atoms with E-state index in [-0.39, 0.29) is 17.7 Å². The van der Waals surface area contributed by atoms with Crippen molar-refractivity contribution in [2.45, 2.75) is 38.6 Å². The molecule has 150 valence electrons. The van der Waals surface area contributed by atoms with Crippen molar-refractivity contribution in [1.82, 2.24) is 9.62 Å². The zero-order valence-corrected chi connectivity index (χ0v) is 17.1. The molecule has 2 aromatic rings. The van der Waals surface area contributed by atoms with Crippen LogP contribution in [0.3, 0.4) is 0 Å². The molecule has 1 fully saturated rings. The topological polar surface area (TPSA) is 66.5 Å². The van der Waals surface area contributed by atoms with Gasteiger partial charge < -0.3 is 4.90 Å². The average Bonchev–Trinajstić information content (AvgIpc) is 2.73. The number of rotatable bonds is 7. The fourth-order valence-electron chi connectivity index (χ4n) is 3.47. The van der Waals surface area contributed by atoms with Gasteiger partial charge in [-0.2, -0.15) is 0 Å². The third-order valence-corrected chi connectivity index (χ3v) is 6.65. The number of carbonyl (C=O) groups is 1. The number of hydrogen-bond acceptors (Lipinski definition) is 3. The fraction of sp³-hybridized carbons (Fsp3) is 0.409. The molecule has 5 nitrogen and oxygen atoms in total. The Bertz CT molecular complexity index is 872. The molecule has 1 aliphatic heterocycles. The molecule has 0 atom stereocenters. The highest BCUT2D eigenvalue weighted by Crippen LogP contribution is 2.21. The molecule has 1 N–H and O–H groups in total. The Labute approximate surface area is 167 Å². The van der Waals surface area contributed by atoms with Gasteiger partial charge in [-0.1, -0.05) is 55.8 Å². The monoisotopic (exact) mass is 400 g/mol. The van der Waals surface area contributed by atoms with E-state index in [0.29, 0.717) is 37.9 Å². The van der Waals surface area contributed by atoms with Gasteiger partial charge >= 0.3 is 0 Å². The van der Waals surface area contributed by atoms with Crippen molar-refractivity contribution in [3.8, 4) is 11.1 Å². The maximum absolute atomic E-state index is 12.8. The molecule has 0 bridgehead atoms. The van der Waals surface area contributed by atoms with Gasteiger partial charge in [-0.15, -0.1) is 0 Å². The van der Waals surface area contributed by atoms with Crippen molar-refractivity contribution in [2.75, 3.05) is 18.8 Å². The second-order valence-electron chi connectivity index (χ2n) is 7.30. The van der Waals surface area contributed by atoms with Gasteiger partial charge in [0.05, 0.1) is 5.75 Å². The third-order valence-electron chi connectivity index (χ3n) is 5.13. The van der Waals surface area contributed by atoms with Crippen LogP contribution in [0.5, 0.6) is 0 Å². The normalized spacial score (nSPS) is 15.5. The summed E-state index contributed by atoms with van der Waals surface area (Å²) in [5, 5.41) is 0. The van der Waals surface area contributed by atoms with Gasteiger partial charge in [-0.25, -0.2) is 13.1 Å². The van der Waals surface area contributed by atoms with Gasteiger partial charge in [0.2, 0.25) is 10.0 Å². The van der Waals surface area contributed by atoms with Crippen molar-refractivity contribution in [1.29, 1.82) is 0 Å². The first-order valence-corrected chi connectivity index (χ1v) is 11.6. The summed E-state index contributed by atoms with van der Waals surface area (Å²) in [6.07, 6.45) is 2.83. The molecule has 0 unspecified atom stereocenters. The first-order valence-electron chi connectivity index (χ1n) is 9.93. The van der Waals surface area contributed by atoms with Crippen molar-refractivity contribution in [3.63, 3.8) is 0 Å². The van der Waals surface area contributed by atoms with E-state index < -0.39 is 10.0 Å². The highest BCUT2D eigenvalue weighted by molar-refractivity contribution is 7.89. The summed E-state index contributed by atoms with van der Waals surface area (Å²) in [6.45, 7) is 3.12. The molecule has 1 amide bonds. The zero-order chi connectivity index (χ0) is 20.0. The van der Waals surface area contributed by atoms with E-state index in [1.165, 1.54) is 0 Å². The number of hydrogen-bond donors (Lipinski definition) is 1. The number of piperidine rings is 1. The third kappa shape index (κ3) is 5.42. The Morgan fingerprint density at radius 3 is 2.21 bits per heavy atom. The molecular weight excluding hydrogens is 372 g/mol. The number of likely N-dealkylation sites (tertiary alicyclic amines) is 1. The smallest absolute Gasteiger partial charge is 0.253 e. The number of sulfonamides is 1. The summed E-state index contributed by atoms with van der Waals surface area (Å²) < 4.78 is 26.9. The van der Waals surface area contributed by atoms with E-state index in [4.69, 9.17) is 0 Å². The molecule has 1 heterocycles. The second-order valence-corrected chi connectivity index (χ2v) is 9.17. The van der Waals surface area contributed by atoms with Gasteiger partial charge in [-0.05, 0) is 42.5 Å². The summed E-state index contributed by atoms with van der Waals surface area (Å²) in [7, 11) is -3.22. The molecular formula is C22H28N2O3S. The molecule has 0 aliphatic carbocycles. The Hall–Kier alpha value is -2.18. The summed E-state index contributed by atoms with van der Waals surface area (Å²) in [5.41, 5.74) is 2.87. The lowest BCUT2D eigenvalue weighted by atomic mass is 10.0. The Kier molecular flexibility index (Phi) is 6.86. The minimum absolute atomic E-state index is 0.00639. The van der Waals surface area contributed by atoms with E-state index in [1.54, 1.807) is 0 Å². The van der Waals surface area contributed by atoms with Crippen LogP contribution in [0.15, 0.2) is 54.6 Å². The number of nitrogens with one attached hydrogen (secondary N) is 1. The molecule has 0 aromatic heterocycles. The lowest BCUT2D eigenvalue weighted by Crippen LogP contribution is -2.47. The number of carbonyl (C=O) groups excluding carboxylic acids is 1. The molecule has 0 radical (unpaired) electrons. The molecule has 1 saturated heterocycles. The number of benzene rings is 2. The van der Waals surface area contributed by atoms with Crippen LogP contribution in [0.25, 0.3) is 11.1 Å². The second kappa shape index (κ2) is 9.34. The summed E-state index contributed by atoms with van der Waals surface area (Å²) in [6, 6.07) is 17.7. The predicted molar refractivity (Wildman–Crippen MR) is 113 cm³/mol. The highest BCUT2D eigenvalue weighted by Gasteiger charge is 2.26. The van der Waals surface area contributed by atoms with E-state index in [9.17, 15) is 13.2 Å². The molecule has 6 heteroatoms. The number of unbranched alkanes of at least 4 members (excludes halogenated alkanes) is 1. The van der Waals surface area contributed by atoms with Crippen molar-refractivity contribution >= 4 is 15.9 Å². The molecule has 0 spiro atoms. The summed E-state index contributed by atoms with van der Waals surface area (Å²) in [4.78, 5) is 14.6. The highest BCUT2D eigenvalue weighted by atomic mass is 32.2.